The summed E-state index contributed by atoms with van der Waals surface area (Å²) in [5, 5.41) is 7.20. The van der Waals surface area contributed by atoms with E-state index in [0.29, 0.717) is 10.0 Å². The predicted octanol–water partition coefficient (Wildman–Crippen LogP) is 2.81. The fourth-order valence-corrected chi connectivity index (χ4v) is 1.49. The smallest absolute Gasteiger partial charge is 0.396 e. The van der Waals surface area contributed by atoms with Gasteiger partial charge in [0.2, 0.25) is 5.89 Å². The Morgan fingerprint density at radius 1 is 1.50 bits per heavy atom. The molecule has 0 unspecified atom stereocenters. The van der Waals surface area contributed by atoms with Crippen LogP contribution in [-0.2, 0) is 4.74 Å². The molecule has 1 aromatic heterocycles. The van der Waals surface area contributed by atoms with Crippen LogP contribution in [0.25, 0.3) is 11.5 Å². The molecule has 0 radical (unpaired) electrons. The molecule has 1 heterocycles. The van der Waals surface area contributed by atoms with E-state index in [1.54, 1.807) is 13.0 Å². The number of ether oxygens (including phenoxy) is 1. The molecule has 0 saturated carbocycles. The number of carbonyl (C=O) groups excluding carboxylic acids is 1. The van der Waals surface area contributed by atoms with Crippen LogP contribution >= 0.6 is 15.9 Å². The molecule has 0 fully saturated rings. The second-order valence-corrected chi connectivity index (χ2v) is 4.12. The van der Waals surface area contributed by atoms with Gasteiger partial charge in [-0.3, -0.25) is 0 Å². The molecule has 0 aliphatic rings. The molecule has 2 rings (SSSR count). The van der Waals surface area contributed by atoms with Crippen molar-refractivity contribution in [1.82, 2.24) is 10.2 Å². The van der Waals surface area contributed by atoms with E-state index < -0.39 is 11.8 Å². The summed E-state index contributed by atoms with van der Waals surface area (Å²) >= 11 is 3.04. The SMILES string of the molecule is CCOC(=O)c1nnc(-c2ccc(Br)c(F)c2)o1. The number of esters is 1. The molecule has 5 nitrogen and oxygen atoms in total. The van der Waals surface area contributed by atoms with Crippen LogP contribution in [0.15, 0.2) is 27.1 Å². The molecule has 0 spiro atoms. The van der Waals surface area contributed by atoms with Gasteiger partial charge in [-0.05, 0) is 41.1 Å². The van der Waals surface area contributed by atoms with Crippen molar-refractivity contribution in [3.05, 3.63) is 34.4 Å². The molecule has 1 aromatic carbocycles. The third kappa shape index (κ3) is 2.56. The van der Waals surface area contributed by atoms with Gasteiger partial charge in [-0.15, -0.1) is 10.2 Å². The first-order valence-electron chi connectivity index (χ1n) is 5.08. The maximum Gasteiger partial charge on any atom is 0.396 e. The number of aromatic nitrogens is 2. The highest BCUT2D eigenvalue weighted by atomic mass is 79.9. The number of rotatable bonds is 3. The minimum Gasteiger partial charge on any atom is -0.459 e. The summed E-state index contributed by atoms with van der Waals surface area (Å²) in [4.78, 5) is 11.3. The van der Waals surface area contributed by atoms with E-state index >= 15 is 0 Å². The number of benzene rings is 1. The first kappa shape index (κ1) is 12.7. The Morgan fingerprint density at radius 3 is 2.94 bits per heavy atom. The predicted molar refractivity (Wildman–Crippen MR) is 63.3 cm³/mol. The van der Waals surface area contributed by atoms with Crippen LogP contribution < -0.4 is 0 Å². The Labute approximate surface area is 110 Å². The zero-order valence-corrected chi connectivity index (χ0v) is 10.9. The molecule has 0 saturated heterocycles. The molecular weight excluding hydrogens is 307 g/mol. The van der Waals surface area contributed by atoms with E-state index in [1.807, 2.05) is 0 Å². The Balaban J connectivity index is 2.29. The van der Waals surface area contributed by atoms with Gasteiger partial charge in [0, 0.05) is 5.56 Å². The number of hydrogen-bond donors (Lipinski definition) is 0. The van der Waals surface area contributed by atoms with Gasteiger partial charge in [0.1, 0.15) is 5.82 Å². The van der Waals surface area contributed by atoms with Gasteiger partial charge in [0.15, 0.2) is 0 Å². The summed E-state index contributed by atoms with van der Waals surface area (Å²) in [6.07, 6.45) is 0. The zero-order chi connectivity index (χ0) is 13.1. The van der Waals surface area contributed by atoms with E-state index in [-0.39, 0.29) is 18.4 Å². The molecular formula is C11H8BrFN2O3. The van der Waals surface area contributed by atoms with Gasteiger partial charge >= 0.3 is 11.9 Å². The highest BCUT2D eigenvalue weighted by Crippen LogP contribution is 2.23. The number of hydrogen-bond acceptors (Lipinski definition) is 5. The lowest BCUT2D eigenvalue weighted by Gasteiger charge is -1.97. The highest BCUT2D eigenvalue weighted by Gasteiger charge is 2.17. The zero-order valence-electron chi connectivity index (χ0n) is 9.31. The summed E-state index contributed by atoms with van der Waals surface area (Å²) in [7, 11) is 0. The number of carbonyl (C=O) groups is 1. The fraction of sp³-hybridized carbons (Fsp3) is 0.182. The van der Waals surface area contributed by atoms with E-state index in [1.165, 1.54) is 12.1 Å². The van der Waals surface area contributed by atoms with Gasteiger partial charge in [-0.25, -0.2) is 9.18 Å². The summed E-state index contributed by atoms with van der Waals surface area (Å²) in [6.45, 7) is 1.88. The van der Waals surface area contributed by atoms with Crippen molar-refractivity contribution in [3.63, 3.8) is 0 Å². The normalized spacial score (nSPS) is 10.4. The quantitative estimate of drug-likeness (QED) is 0.815. The van der Waals surface area contributed by atoms with Crippen molar-refractivity contribution < 1.29 is 18.3 Å². The number of nitrogens with zero attached hydrogens (tertiary/aromatic N) is 2. The summed E-state index contributed by atoms with van der Waals surface area (Å²) in [5.74, 6) is -1.35. The van der Waals surface area contributed by atoms with Crippen molar-refractivity contribution in [2.45, 2.75) is 6.92 Å². The molecule has 7 heteroatoms. The first-order chi connectivity index (χ1) is 8.61. The third-order valence-electron chi connectivity index (χ3n) is 2.04. The van der Waals surface area contributed by atoms with Crippen molar-refractivity contribution in [2.75, 3.05) is 6.61 Å². The Morgan fingerprint density at radius 2 is 2.28 bits per heavy atom. The summed E-state index contributed by atoms with van der Waals surface area (Å²) in [6, 6.07) is 4.33. The van der Waals surface area contributed by atoms with Crippen LogP contribution in [0.4, 0.5) is 4.39 Å². The topological polar surface area (TPSA) is 65.2 Å². The van der Waals surface area contributed by atoms with Crippen molar-refractivity contribution in [1.29, 1.82) is 0 Å². The van der Waals surface area contributed by atoms with Gasteiger partial charge in [0.05, 0.1) is 11.1 Å². The molecule has 0 atom stereocenters. The minimum absolute atomic E-state index is 0.0597. The van der Waals surface area contributed by atoms with Crippen LogP contribution in [0.2, 0.25) is 0 Å². The lowest BCUT2D eigenvalue weighted by Crippen LogP contribution is -2.04. The van der Waals surface area contributed by atoms with Crippen LogP contribution in [0, 0.1) is 5.82 Å². The van der Waals surface area contributed by atoms with Crippen molar-refractivity contribution in [2.24, 2.45) is 0 Å². The second-order valence-electron chi connectivity index (χ2n) is 3.26. The maximum atomic E-state index is 13.3. The first-order valence-corrected chi connectivity index (χ1v) is 5.87. The molecule has 0 aliphatic carbocycles. The Kier molecular flexibility index (Phi) is 3.71. The molecule has 0 amide bonds. The standard InChI is InChI=1S/C11H8BrFN2O3/c1-2-17-11(16)10-15-14-9(18-10)6-3-4-7(12)8(13)5-6/h3-5H,2H2,1H3. The van der Waals surface area contributed by atoms with Gasteiger partial charge < -0.3 is 9.15 Å². The maximum absolute atomic E-state index is 13.3. The second kappa shape index (κ2) is 5.26. The van der Waals surface area contributed by atoms with E-state index in [9.17, 15) is 9.18 Å². The molecule has 94 valence electrons. The lowest BCUT2D eigenvalue weighted by molar-refractivity contribution is 0.0481. The van der Waals surface area contributed by atoms with Crippen LogP contribution in [-0.4, -0.2) is 22.8 Å². The fourth-order valence-electron chi connectivity index (χ4n) is 1.24. The monoisotopic (exact) mass is 314 g/mol. The summed E-state index contributed by atoms with van der Waals surface area (Å²) in [5.41, 5.74) is 0.388. The molecule has 18 heavy (non-hydrogen) atoms. The average molecular weight is 315 g/mol. The van der Waals surface area contributed by atoms with Crippen molar-refractivity contribution in [3.8, 4) is 11.5 Å². The van der Waals surface area contributed by atoms with Crippen LogP contribution in [0.5, 0.6) is 0 Å². The molecule has 2 aromatic rings. The van der Waals surface area contributed by atoms with Crippen LogP contribution in [0.1, 0.15) is 17.6 Å². The van der Waals surface area contributed by atoms with E-state index in [2.05, 4.69) is 26.1 Å². The van der Waals surface area contributed by atoms with Gasteiger partial charge in [0.25, 0.3) is 0 Å². The largest absolute Gasteiger partial charge is 0.459 e. The molecule has 0 aliphatic heterocycles. The molecule has 0 bridgehead atoms. The van der Waals surface area contributed by atoms with Gasteiger partial charge in [-0.2, -0.15) is 0 Å². The van der Waals surface area contributed by atoms with Crippen molar-refractivity contribution >= 4 is 21.9 Å². The number of halogens is 2. The Hall–Kier alpha value is -1.76. The van der Waals surface area contributed by atoms with Gasteiger partial charge in [-0.1, -0.05) is 0 Å². The Bertz CT molecular complexity index is 585. The minimum atomic E-state index is -0.700. The lowest BCUT2D eigenvalue weighted by atomic mass is 10.2. The van der Waals surface area contributed by atoms with E-state index in [0.717, 1.165) is 0 Å². The third-order valence-corrected chi connectivity index (χ3v) is 2.68. The highest BCUT2D eigenvalue weighted by molar-refractivity contribution is 9.10. The summed E-state index contributed by atoms with van der Waals surface area (Å²) < 4.78 is 23.5. The van der Waals surface area contributed by atoms with E-state index in [4.69, 9.17) is 9.15 Å². The van der Waals surface area contributed by atoms with Crippen LogP contribution in [0.3, 0.4) is 0 Å². The molecule has 0 N–H and O–H groups in total. The average Bonchev–Trinajstić information content (AvgIpc) is 2.82.